The minimum Gasteiger partial charge on any atom is -0.455 e. The minimum absolute atomic E-state index is 0.102. The average Bonchev–Trinajstić information content (AvgIpc) is 1.72. The zero-order chi connectivity index (χ0) is 58.9. The number of halogens is 2. The number of nitrogens with zero attached hydrogens (tertiary/aromatic N) is 4. The molecule has 14 rings (SSSR count). The summed E-state index contributed by atoms with van der Waals surface area (Å²) in [6.45, 7) is 22.1. The van der Waals surface area contributed by atoms with Gasteiger partial charge in [0.1, 0.15) is 34.4 Å². The lowest BCUT2D eigenvalue weighted by molar-refractivity contribution is 0.588. The summed E-state index contributed by atoms with van der Waals surface area (Å²) in [7, 11) is 0. The van der Waals surface area contributed by atoms with Gasteiger partial charge in [-0.1, -0.05) is 196 Å². The van der Waals surface area contributed by atoms with Crippen molar-refractivity contribution in [1.82, 2.24) is 9.97 Å². The number of anilines is 6. The van der Waals surface area contributed by atoms with Crippen molar-refractivity contribution in [2.45, 2.75) is 90.9 Å². The molecular formula is C78H66F2N4O. The Morgan fingerprint density at radius 2 is 0.918 bits per heavy atom. The molecule has 9 aromatic carbocycles. The molecule has 0 unspecified atom stereocenters. The predicted octanol–water partition coefficient (Wildman–Crippen LogP) is 21.5. The van der Waals surface area contributed by atoms with E-state index in [1.807, 2.05) is 48.8 Å². The van der Waals surface area contributed by atoms with E-state index in [1.165, 1.54) is 23.3 Å². The maximum atomic E-state index is 17.4. The lowest BCUT2D eigenvalue weighted by Gasteiger charge is -2.34. The smallest absolute Gasteiger partial charge is 0.145 e. The second-order valence-electron chi connectivity index (χ2n) is 26.2. The van der Waals surface area contributed by atoms with Gasteiger partial charge < -0.3 is 4.42 Å². The van der Waals surface area contributed by atoms with E-state index in [0.717, 1.165) is 101 Å². The number of fused-ring (bicyclic) bond motifs is 14. The Labute approximate surface area is 496 Å². The Bertz CT molecular complexity index is 4570. The second kappa shape index (κ2) is 19.6. The van der Waals surface area contributed by atoms with Gasteiger partial charge in [-0.05, 0) is 157 Å². The van der Waals surface area contributed by atoms with E-state index < -0.39 is 17.0 Å². The molecule has 5 nitrogen and oxygen atoms in total. The average molecular weight is 1110 g/mol. The molecule has 3 heterocycles. The Balaban J connectivity index is 1.12. The van der Waals surface area contributed by atoms with Gasteiger partial charge in [-0.2, -0.15) is 0 Å². The van der Waals surface area contributed by atoms with Crippen LogP contribution in [0.3, 0.4) is 0 Å². The summed E-state index contributed by atoms with van der Waals surface area (Å²) in [5, 5.41) is 1.81. The van der Waals surface area contributed by atoms with E-state index in [-0.39, 0.29) is 27.4 Å². The number of aromatic nitrogens is 2. The van der Waals surface area contributed by atoms with Crippen molar-refractivity contribution in [3.05, 3.63) is 275 Å². The van der Waals surface area contributed by atoms with Crippen molar-refractivity contribution < 1.29 is 13.2 Å². The minimum atomic E-state index is -1.30. The van der Waals surface area contributed by atoms with Crippen LogP contribution < -0.4 is 9.80 Å². The fourth-order valence-corrected chi connectivity index (χ4v) is 13.3. The number of hydrogen-bond donors (Lipinski definition) is 0. The first-order valence-electron chi connectivity index (χ1n) is 29.4. The molecular weight excluding hydrogens is 1050 g/mol. The number of furan rings is 1. The number of para-hydroxylation sites is 1. The monoisotopic (exact) mass is 1110 g/mol. The molecule has 0 bridgehead atoms. The molecule has 1 spiro atoms. The first-order valence-corrected chi connectivity index (χ1v) is 29.4. The third-order valence-electron chi connectivity index (χ3n) is 17.6. The molecule has 85 heavy (non-hydrogen) atoms. The quantitative estimate of drug-likeness (QED) is 0.152. The largest absolute Gasteiger partial charge is 0.455 e. The lowest BCUT2D eigenvalue weighted by atomic mass is 9.70. The van der Waals surface area contributed by atoms with E-state index in [2.05, 4.69) is 225 Å². The van der Waals surface area contributed by atoms with Crippen LogP contribution in [-0.4, -0.2) is 9.97 Å². The van der Waals surface area contributed by atoms with Crippen molar-refractivity contribution in [2.24, 2.45) is 0 Å². The highest BCUT2D eigenvalue weighted by molar-refractivity contribution is 6.20. The van der Waals surface area contributed by atoms with Crippen LogP contribution in [0, 0.1) is 18.6 Å². The van der Waals surface area contributed by atoms with Gasteiger partial charge in [0.05, 0.1) is 16.5 Å². The molecule has 7 heteroatoms. The molecule has 0 fully saturated rings. The van der Waals surface area contributed by atoms with Crippen LogP contribution in [0.2, 0.25) is 0 Å². The van der Waals surface area contributed by atoms with Crippen LogP contribution in [-0.2, 0) is 21.7 Å². The van der Waals surface area contributed by atoms with Crippen molar-refractivity contribution in [3.63, 3.8) is 0 Å². The van der Waals surface area contributed by atoms with Crippen LogP contribution >= 0.6 is 0 Å². The van der Waals surface area contributed by atoms with Gasteiger partial charge in [0.15, 0.2) is 0 Å². The molecule has 418 valence electrons. The van der Waals surface area contributed by atoms with Crippen molar-refractivity contribution in [3.8, 4) is 44.5 Å². The van der Waals surface area contributed by atoms with Gasteiger partial charge >= 0.3 is 0 Å². The summed E-state index contributed by atoms with van der Waals surface area (Å²) in [5.74, 6) is 0.469. The Hall–Kier alpha value is -9.46. The van der Waals surface area contributed by atoms with Gasteiger partial charge in [0.25, 0.3) is 0 Å². The highest BCUT2D eigenvalue weighted by atomic mass is 19.1. The number of benzene rings is 9. The molecule has 3 aromatic heterocycles. The van der Waals surface area contributed by atoms with Gasteiger partial charge in [0, 0.05) is 62.7 Å². The van der Waals surface area contributed by atoms with Crippen molar-refractivity contribution >= 4 is 56.3 Å². The van der Waals surface area contributed by atoms with Gasteiger partial charge in [-0.15, -0.1) is 0 Å². The third kappa shape index (κ3) is 8.52. The van der Waals surface area contributed by atoms with Gasteiger partial charge in [-0.25, -0.2) is 18.7 Å². The van der Waals surface area contributed by atoms with Gasteiger partial charge in [-0.3, -0.25) is 9.80 Å². The standard InChI is InChI=1S/C78H66F2N4O/c1-47-41-58(48-21-13-11-14-22-48)74(81-45-47)84(54-37-33-51(34-38-54)76(5,6)7)66-44-63-68(72-69(66)57-25-17-18-30-67(57)85-72)56-40-39-55(43-62(56)78(63)60-26-19-28-64(79)70(60)71-61(78)27-20-29-65(71)80)83(53-35-31-50(32-36-53)75(2,3)4)73-59(49-23-15-12-16-24-49)42-52(46-82-73)77(8,9)10/h11-46H,1-10H3. The topological polar surface area (TPSA) is 45.4 Å². The highest BCUT2D eigenvalue weighted by Crippen LogP contribution is 2.67. The van der Waals surface area contributed by atoms with E-state index >= 15 is 8.78 Å². The van der Waals surface area contributed by atoms with Gasteiger partial charge in [0.2, 0.25) is 0 Å². The molecule has 12 aromatic rings. The summed E-state index contributed by atoms with van der Waals surface area (Å²) in [4.78, 5) is 15.4. The van der Waals surface area contributed by atoms with E-state index in [4.69, 9.17) is 14.4 Å². The highest BCUT2D eigenvalue weighted by Gasteiger charge is 2.55. The summed E-state index contributed by atoms with van der Waals surface area (Å²) in [6, 6.07) is 70.5. The first kappa shape index (κ1) is 53.5. The van der Waals surface area contributed by atoms with Crippen molar-refractivity contribution in [1.29, 1.82) is 0 Å². The fraction of sp³-hybridized carbons (Fsp3) is 0.179. The maximum absolute atomic E-state index is 17.4. The molecule has 0 radical (unpaired) electrons. The zero-order valence-corrected chi connectivity index (χ0v) is 49.7. The van der Waals surface area contributed by atoms with E-state index in [0.29, 0.717) is 22.3 Å². The summed E-state index contributed by atoms with van der Waals surface area (Å²) in [6.07, 6.45) is 3.94. The third-order valence-corrected chi connectivity index (χ3v) is 17.6. The number of rotatable bonds is 8. The Kier molecular flexibility index (Phi) is 12.3. The first-order chi connectivity index (χ1) is 40.8. The second-order valence-corrected chi connectivity index (χ2v) is 26.2. The molecule has 2 aliphatic rings. The van der Waals surface area contributed by atoms with Crippen LogP contribution in [0.5, 0.6) is 0 Å². The van der Waals surface area contributed by atoms with E-state index in [1.54, 1.807) is 12.1 Å². The SMILES string of the molecule is Cc1cnc(N(c2ccc(C(C)(C)C)cc2)c2cc3c(c4oc5ccccc5c24)-c2ccc(N(c4ccc(C(C)(C)C)cc4)c4ncc(C(C)(C)C)cc4-c4ccccc4)cc2C32c3cccc(F)c3-c3c(F)cccc32)c(-c2ccccc2)c1. The Morgan fingerprint density at radius 3 is 1.49 bits per heavy atom. The molecule has 0 atom stereocenters. The Morgan fingerprint density at radius 1 is 0.412 bits per heavy atom. The van der Waals surface area contributed by atoms with E-state index in [9.17, 15) is 0 Å². The predicted molar refractivity (Wildman–Crippen MR) is 347 cm³/mol. The summed E-state index contributed by atoms with van der Waals surface area (Å²) < 4.78 is 42.2. The molecule has 0 saturated carbocycles. The van der Waals surface area contributed by atoms with Crippen LogP contribution in [0.1, 0.15) is 107 Å². The molecule has 0 saturated heterocycles. The summed E-state index contributed by atoms with van der Waals surface area (Å²) >= 11 is 0. The van der Waals surface area contributed by atoms with Crippen LogP contribution in [0.25, 0.3) is 66.4 Å². The van der Waals surface area contributed by atoms with Crippen molar-refractivity contribution in [2.75, 3.05) is 9.80 Å². The number of hydrogen-bond acceptors (Lipinski definition) is 5. The summed E-state index contributed by atoms with van der Waals surface area (Å²) in [5.41, 5.74) is 16.7. The number of aryl methyl sites for hydroxylation is 1. The zero-order valence-electron chi connectivity index (χ0n) is 49.7. The molecule has 0 N–H and O–H groups in total. The maximum Gasteiger partial charge on any atom is 0.145 e. The molecule has 0 amide bonds. The van der Waals surface area contributed by atoms with Crippen LogP contribution in [0.4, 0.5) is 43.2 Å². The molecule has 2 aliphatic carbocycles. The normalized spacial score (nSPS) is 13.3. The lowest BCUT2D eigenvalue weighted by Crippen LogP contribution is -2.27. The van der Waals surface area contributed by atoms with Crippen LogP contribution in [0.15, 0.2) is 223 Å². The number of pyridine rings is 2. The fourth-order valence-electron chi connectivity index (χ4n) is 13.3. The molecule has 0 aliphatic heterocycles.